The Morgan fingerprint density at radius 2 is 2.12 bits per heavy atom. The van der Waals surface area contributed by atoms with Crippen LogP contribution in [0.5, 0.6) is 0 Å². The third kappa shape index (κ3) is 3.55. The quantitative estimate of drug-likeness (QED) is 0.852. The van der Waals surface area contributed by atoms with Crippen LogP contribution in [0, 0.1) is 0 Å². The SMILES string of the molecule is COC1(C(=O)Nc2cccc(-c3nnnn3C)c2)CCNCC1.Cl. The van der Waals surface area contributed by atoms with Crippen molar-refractivity contribution >= 4 is 24.0 Å². The van der Waals surface area contributed by atoms with E-state index in [1.807, 2.05) is 24.3 Å². The van der Waals surface area contributed by atoms with Gasteiger partial charge in [0.15, 0.2) is 5.82 Å². The molecule has 3 rings (SSSR count). The molecule has 2 heterocycles. The van der Waals surface area contributed by atoms with E-state index >= 15 is 0 Å². The molecule has 8 nitrogen and oxygen atoms in total. The first-order valence-corrected chi connectivity index (χ1v) is 7.55. The molecule has 1 amide bonds. The van der Waals surface area contributed by atoms with E-state index in [4.69, 9.17) is 4.74 Å². The number of anilines is 1. The number of methoxy groups -OCH3 is 1. The fourth-order valence-corrected chi connectivity index (χ4v) is 2.81. The second kappa shape index (κ2) is 7.69. The lowest BCUT2D eigenvalue weighted by atomic mass is 9.91. The van der Waals surface area contributed by atoms with Crippen molar-refractivity contribution < 1.29 is 9.53 Å². The maximum Gasteiger partial charge on any atom is 0.256 e. The first-order valence-electron chi connectivity index (χ1n) is 7.55. The van der Waals surface area contributed by atoms with Crippen molar-refractivity contribution in [2.45, 2.75) is 18.4 Å². The summed E-state index contributed by atoms with van der Waals surface area (Å²) in [5, 5.41) is 17.6. The number of nitrogens with one attached hydrogen (secondary N) is 2. The Morgan fingerprint density at radius 1 is 1.38 bits per heavy atom. The van der Waals surface area contributed by atoms with Gasteiger partial charge >= 0.3 is 0 Å². The number of aromatic nitrogens is 4. The Bertz CT molecular complexity index is 699. The van der Waals surface area contributed by atoms with Crippen LogP contribution in [0.3, 0.4) is 0 Å². The van der Waals surface area contributed by atoms with Crippen LogP contribution in [0.4, 0.5) is 5.69 Å². The summed E-state index contributed by atoms with van der Waals surface area (Å²) in [7, 11) is 3.36. The van der Waals surface area contributed by atoms with E-state index in [9.17, 15) is 4.79 Å². The Morgan fingerprint density at radius 3 is 2.75 bits per heavy atom. The molecule has 0 unspecified atom stereocenters. The molecule has 0 radical (unpaired) electrons. The normalized spacial score (nSPS) is 16.2. The number of aryl methyl sites for hydroxylation is 1. The number of carbonyl (C=O) groups is 1. The zero-order chi connectivity index (χ0) is 16.3. The molecule has 24 heavy (non-hydrogen) atoms. The second-order valence-electron chi connectivity index (χ2n) is 5.61. The van der Waals surface area contributed by atoms with E-state index in [1.54, 1.807) is 18.8 Å². The molecule has 1 aromatic heterocycles. The number of amides is 1. The highest BCUT2D eigenvalue weighted by Crippen LogP contribution is 2.26. The third-order valence-corrected chi connectivity index (χ3v) is 4.21. The summed E-state index contributed by atoms with van der Waals surface area (Å²) in [5.41, 5.74) is 0.769. The van der Waals surface area contributed by atoms with Gasteiger partial charge in [-0.15, -0.1) is 17.5 Å². The van der Waals surface area contributed by atoms with Crippen LogP contribution in [0.2, 0.25) is 0 Å². The van der Waals surface area contributed by atoms with E-state index in [0.29, 0.717) is 24.4 Å². The van der Waals surface area contributed by atoms with E-state index in [2.05, 4.69) is 26.2 Å². The summed E-state index contributed by atoms with van der Waals surface area (Å²) in [6.45, 7) is 1.54. The summed E-state index contributed by atoms with van der Waals surface area (Å²) < 4.78 is 7.13. The van der Waals surface area contributed by atoms with Gasteiger partial charge < -0.3 is 15.4 Å². The van der Waals surface area contributed by atoms with Gasteiger partial charge in [-0.3, -0.25) is 4.79 Å². The number of tetrazole rings is 1. The standard InChI is InChI=1S/C15H20N6O2.ClH/c1-21-13(18-19-20-21)11-4-3-5-12(10-11)17-14(22)15(23-2)6-8-16-9-7-15;/h3-5,10,16H,6-9H2,1-2H3,(H,17,22);1H. The fraction of sp³-hybridized carbons (Fsp3) is 0.467. The lowest BCUT2D eigenvalue weighted by Gasteiger charge is -2.34. The van der Waals surface area contributed by atoms with Crippen molar-refractivity contribution in [3.05, 3.63) is 24.3 Å². The van der Waals surface area contributed by atoms with Gasteiger partial charge in [0, 0.05) is 25.4 Å². The van der Waals surface area contributed by atoms with E-state index in [0.717, 1.165) is 18.7 Å². The summed E-state index contributed by atoms with van der Waals surface area (Å²) in [5.74, 6) is 0.527. The average molecular weight is 353 g/mol. The van der Waals surface area contributed by atoms with Crippen LogP contribution >= 0.6 is 12.4 Å². The predicted octanol–water partition coefficient (Wildman–Crippen LogP) is 1.01. The molecule has 2 aromatic rings. The number of halogens is 1. The molecule has 1 aliphatic heterocycles. The molecular formula is C15H21ClN6O2. The number of nitrogens with zero attached hydrogens (tertiary/aromatic N) is 4. The van der Waals surface area contributed by atoms with Gasteiger partial charge in [0.1, 0.15) is 5.60 Å². The molecule has 1 aliphatic rings. The highest BCUT2D eigenvalue weighted by Gasteiger charge is 2.39. The van der Waals surface area contributed by atoms with Gasteiger partial charge in [0.2, 0.25) is 0 Å². The van der Waals surface area contributed by atoms with Crippen LogP contribution in [0.25, 0.3) is 11.4 Å². The molecule has 0 spiro atoms. The zero-order valence-electron chi connectivity index (χ0n) is 13.7. The number of hydrogen-bond donors (Lipinski definition) is 2. The molecule has 0 bridgehead atoms. The maximum absolute atomic E-state index is 12.7. The van der Waals surface area contributed by atoms with Crippen molar-refractivity contribution in [1.29, 1.82) is 0 Å². The monoisotopic (exact) mass is 352 g/mol. The minimum atomic E-state index is -0.770. The molecule has 9 heteroatoms. The molecule has 0 saturated carbocycles. The molecule has 1 fully saturated rings. The number of carbonyl (C=O) groups excluding carboxylic acids is 1. The number of ether oxygens (including phenoxy) is 1. The average Bonchev–Trinajstić information content (AvgIpc) is 3.01. The first kappa shape index (κ1) is 18.3. The highest BCUT2D eigenvalue weighted by molar-refractivity contribution is 5.97. The molecular weight excluding hydrogens is 332 g/mol. The summed E-state index contributed by atoms with van der Waals surface area (Å²) in [6, 6.07) is 7.46. The molecule has 130 valence electrons. The minimum Gasteiger partial charge on any atom is -0.368 e. The number of rotatable bonds is 4. The Hall–Kier alpha value is -2.03. The summed E-state index contributed by atoms with van der Waals surface area (Å²) in [4.78, 5) is 12.7. The molecule has 1 aromatic carbocycles. The lowest BCUT2D eigenvalue weighted by molar-refractivity contribution is -0.140. The van der Waals surface area contributed by atoms with Crippen molar-refractivity contribution in [2.24, 2.45) is 7.05 Å². The zero-order valence-corrected chi connectivity index (χ0v) is 14.5. The van der Waals surface area contributed by atoms with Crippen LogP contribution in [0.15, 0.2) is 24.3 Å². The lowest BCUT2D eigenvalue weighted by Crippen LogP contribution is -2.51. The molecule has 0 atom stereocenters. The smallest absolute Gasteiger partial charge is 0.256 e. The highest BCUT2D eigenvalue weighted by atomic mass is 35.5. The van der Waals surface area contributed by atoms with Gasteiger partial charge in [0.05, 0.1) is 0 Å². The molecule has 0 aliphatic carbocycles. The van der Waals surface area contributed by atoms with Crippen molar-refractivity contribution in [1.82, 2.24) is 25.5 Å². The fourth-order valence-electron chi connectivity index (χ4n) is 2.81. The van der Waals surface area contributed by atoms with Crippen LogP contribution in [0.1, 0.15) is 12.8 Å². The van der Waals surface area contributed by atoms with Crippen molar-refractivity contribution in [2.75, 3.05) is 25.5 Å². The number of piperidine rings is 1. The van der Waals surface area contributed by atoms with Gasteiger partial charge in [-0.05, 0) is 48.5 Å². The first-order chi connectivity index (χ1) is 11.1. The van der Waals surface area contributed by atoms with Gasteiger partial charge in [-0.1, -0.05) is 12.1 Å². The minimum absolute atomic E-state index is 0. The van der Waals surface area contributed by atoms with Crippen molar-refractivity contribution in [3.8, 4) is 11.4 Å². The Kier molecular flexibility index (Phi) is 5.87. The van der Waals surface area contributed by atoms with Gasteiger partial charge in [-0.25, -0.2) is 4.68 Å². The maximum atomic E-state index is 12.7. The van der Waals surface area contributed by atoms with E-state index < -0.39 is 5.60 Å². The molecule has 1 saturated heterocycles. The van der Waals surface area contributed by atoms with E-state index in [-0.39, 0.29) is 18.3 Å². The topological polar surface area (TPSA) is 94.0 Å². The van der Waals surface area contributed by atoms with Crippen LogP contribution < -0.4 is 10.6 Å². The Labute approximate surface area is 146 Å². The van der Waals surface area contributed by atoms with Gasteiger partial charge in [0.25, 0.3) is 5.91 Å². The van der Waals surface area contributed by atoms with E-state index in [1.165, 1.54) is 0 Å². The Balaban J connectivity index is 0.00000208. The van der Waals surface area contributed by atoms with Crippen LogP contribution in [-0.4, -0.2) is 51.9 Å². The van der Waals surface area contributed by atoms with Crippen molar-refractivity contribution in [3.63, 3.8) is 0 Å². The molecule has 2 N–H and O–H groups in total. The summed E-state index contributed by atoms with van der Waals surface area (Å²) >= 11 is 0. The largest absolute Gasteiger partial charge is 0.368 e. The third-order valence-electron chi connectivity index (χ3n) is 4.21. The number of benzene rings is 1. The number of hydrogen-bond acceptors (Lipinski definition) is 6. The van der Waals surface area contributed by atoms with Crippen LogP contribution in [-0.2, 0) is 16.6 Å². The second-order valence-corrected chi connectivity index (χ2v) is 5.61. The summed E-state index contributed by atoms with van der Waals surface area (Å²) in [6.07, 6.45) is 1.31. The predicted molar refractivity (Wildman–Crippen MR) is 92.0 cm³/mol. The van der Waals surface area contributed by atoms with Gasteiger partial charge in [-0.2, -0.15) is 0 Å².